The van der Waals surface area contributed by atoms with Crippen LogP contribution in [0.5, 0.6) is 0 Å². The van der Waals surface area contributed by atoms with E-state index < -0.39 is 6.10 Å². The molecule has 1 atom stereocenters. The molecule has 0 spiro atoms. The fourth-order valence-electron chi connectivity index (χ4n) is 3.21. The fraction of sp³-hybridized carbons (Fsp3) is 0.381. The van der Waals surface area contributed by atoms with Crippen LogP contribution < -0.4 is 0 Å². The molecule has 0 radical (unpaired) electrons. The van der Waals surface area contributed by atoms with Gasteiger partial charge in [0, 0.05) is 32.7 Å². The molecule has 0 bridgehead atoms. The highest BCUT2D eigenvalue weighted by Crippen LogP contribution is 2.26. The molecule has 0 saturated carbocycles. The number of hydrogen-bond donors (Lipinski definition) is 0. The first-order valence-corrected chi connectivity index (χ1v) is 10.1. The lowest BCUT2D eigenvalue weighted by molar-refractivity contribution is -0.164. The van der Waals surface area contributed by atoms with Gasteiger partial charge in [-0.15, -0.1) is 11.3 Å². The van der Waals surface area contributed by atoms with E-state index in [4.69, 9.17) is 4.74 Å². The van der Waals surface area contributed by atoms with E-state index in [1.807, 2.05) is 35.7 Å². The number of benzene rings is 1. The van der Waals surface area contributed by atoms with Gasteiger partial charge in [-0.3, -0.25) is 14.4 Å². The highest BCUT2D eigenvalue weighted by Gasteiger charge is 2.33. The zero-order valence-corrected chi connectivity index (χ0v) is 16.9. The zero-order chi connectivity index (χ0) is 20.1. The maximum Gasteiger partial charge on any atom is 0.310 e. The third kappa shape index (κ3) is 4.59. The van der Waals surface area contributed by atoms with Crippen LogP contribution in [0.4, 0.5) is 0 Å². The first kappa shape index (κ1) is 20.1. The van der Waals surface area contributed by atoms with Crippen molar-refractivity contribution in [1.82, 2.24) is 9.80 Å². The van der Waals surface area contributed by atoms with Crippen LogP contribution in [0.25, 0.3) is 0 Å². The van der Waals surface area contributed by atoms with Crippen LogP contribution in [-0.2, 0) is 14.3 Å². The molecule has 2 heterocycles. The Morgan fingerprint density at radius 2 is 1.75 bits per heavy atom. The van der Waals surface area contributed by atoms with E-state index in [0.717, 1.165) is 0 Å². The first-order valence-electron chi connectivity index (χ1n) is 9.26. The summed E-state index contributed by atoms with van der Waals surface area (Å²) in [5.74, 6) is -0.961. The summed E-state index contributed by atoms with van der Waals surface area (Å²) in [7, 11) is 3.28. The molecule has 1 fully saturated rings. The highest BCUT2D eigenvalue weighted by molar-refractivity contribution is 7.12. The lowest BCUT2D eigenvalue weighted by atomic mass is 9.96. The smallest absolute Gasteiger partial charge is 0.310 e. The summed E-state index contributed by atoms with van der Waals surface area (Å²) in [6.07, 6.45) is 0.121. The average molecular weight is 401 g/mol. The number of esters is 1. The Hall–Kier alpha value is -2.67. The largest absolute Gasteiger partial charge is 0.447 e. The first-order chi connectivity index (χ1) is 13.5. The Bertz CT molecular complexity index is 812. The lowest BCUT2D eigenvalue weighted by Crippen LogP contribution is -2.41. The second-order valence-corrected chi connectivity index (χ2v) is 7.95. The molecule has 1 saturated heterocycles. The average Bonchev–Trinajstić information content (AvgIpc) is 3.26. The maximum atomic E-state index is 12.7. The number of carbonyl (C=O) groups excluding carboxylic acids is 3. The van der Waals surface area contributed by atoms with E-state index in [9.17, 15) is 14.4 Å². The number of carbonyl (C=O) groups is 3. The van der Waals surface area contributed by atoms with Crippen molar-refractivity contribution in [3.05, 3.63) is 58.3 Å². The Labute approximate surface area is 168 Å². The van der Waals surface area contributed by atoms with Crippen molar-refractivity contribution in [2.75, 3.05) is 27.2 Å². The molecule has 0 aliphatic carbocycles. The topological polar surface area (TPSA) is 66.9 Å². The fourth-order valence-corrected chi connectivity index (χ4v) is 3.90. The summed E-state index contributed by atoms with van der Waals surface area (Å²) >= 11 is 1.42. The molecule has 1 aliphatic heterocycles. The zero-order valence-electron chi connectivity index (χ0n) is 16.0. The van der Waals surface area contributed by atoms with Crippen LogP contribution in [0.1, 0.15) is 34.2 Å². The minimum atomic E-state index is -0.950. The molecule has 1 aromatic heterocycles. The van der Waals surface area contributed by atoms with Gasteiger partial charge < -0.3 is 14.5 Å². The van der Waals surface area contributed by atoms with Crippen LogP contribution in [0.3, 0.4) is 0 Å². The Kier molecular flexibility index (Phi) is 6.46. The quantitative estimate of drug-likeness (QED) is 0.724. The van der Waals surface area contributed by atoms with Crippen LogP contribution >= 0.6 is 11.3 Å². The van der Waals surface area contributed by atoms with E-state index in [1.54, 1.807) is 31.1 Å². The van der Waals surface area contributed by atoms with E-state index in [1.165, 1.54) is 16.2 Å². The molecular formula is C21H24N2O4S. The molecule has 2 aromatic rings. The summed E-state index contributed by atoms with van der Waals surface area (Å²) in [6, 6.07) is 12.7. The van der Waals surface area contributed by atoms with E-state index in [-0.39, 0.29) is 23.7 Å². The van der Waals surface area contributed by atoms with Crippen molar-refractivity contribution < 1.29 is 19.1 Å². The second-order valence-electron chi connectivity index (χ2n) is 7.00. The molecule has 0 N–H and O–H groups in total. The van der Waals surface area contributed by atoms with Gasteiger partial charge in [0.05, 0.1) is 10.8 Å². The molecule has 6 nitrogen and oxygen atoms in total. The number of amides is 2. The van der Waals surface area contributed by atoms with E-state index in [2.05, 4.69) is 0 Å². The van der Waals surface area contributed by atoms with Crippen molar-refractivity contribution in [2.45, 2.75) is 18.9 Å². The Morgan fingerprint density at radius 3 is 2.32 bits per heavy atom. The predicted octanol–water partition coefficient (Wildman–Crippen LogP) is 2.97. The van der Waals surface area contributed by atoms with Gasteiger partial charge in [-0.25, -0.2) is 0 Å². The molecule has 1 unspecified atom stereocenters. The van der Waals surface area contributed by atoms with Crippen molar-refractivity contribution >= 4 is 29.1 Å². The molecule has 7 heteroatoms. The number of hydrogen-bond acceptors (Lipinski definition) is 5. The summed E-state index contributed by atoms with van der Waals surface area (Å²) in [4.78, 5) is 41.6. The van der Waals surface area contributed by atoms with Crippen LogP contribution in [0.2, 0.25) is 0 Å². The molecule has 2 amide bonds. The van der Waals surface area contributed by atoms with Gasteiger partial charge in [-0.05, 0) is 24.3 Å². The van der Waals surface area contributed by atoms with Crippen molar-refractivity contribution in [2.24, 2.45) is 5.92 Å². The molecule has 1 aliphatic rings. The molecule has 3 rings (SSSR count). The summed E-state index contributed by atoms with van der Waals surface area (Å²) in [5, 5.41) is 1.88. The van der Waals surface area contributed by atoms with Crippen molar-refractivity contribution in [3.63, 3.8) is 0 Å². The number of nitrogens with zero attached hydrogens (tertiary/aromatic N) is 2. The molecule has 1 aromatic carbocycles. The second kappa shape index (κ2) is 9.01. The Morgan fingerprint density at radius 1 is 1.07 bits per heavy atom. The van der Waals surface area contributed by atoms with Gasteiger partial charge in [0.25, 0.3) is 11.8 Å². The van der Waals surface area contributed by atoms with Gasteiger partial charge in [0.2, 0.25) is 6.10 Å². The standard InChI is InChI=1S/C21H24N2O4S/c1-22(2)20(25)18(15-7-4-3-5-8-15)27-21(26)16-10-12-23(13-11-16)19(24)17-9-6-14-28-17/h3-9,14,16,18H,10-13H2,1-2H3. The van der Waals surface area contributed by atoms with Crippen LogP contribution in [0, 0.1) is 5.92 Å². The van der Waals surface area contributed by atoms with Gasteiger partial charge in [-0.2, -0.15) is 0 Å². The van der Waals surface area contributed by atoms with Crippen LogP contribution in [0.15, 0.2) is 47.8 Å². The predicted molar refractivity (Wildman–Crippen MR) is 107 cm³/mol. The minimum absolute atomic E-state index is 0.00626. The minimum Gasteiger partial charge on any atom is -0.447 e. The number of piperidine rings is 1. The number of thiophene rings is 1. The summed E-state index contributed by atoms with van der Waals surface area (Å²) < 4.78 is 5.64. The molecular weight excluding hydrogens is 376 g/mol. The van der Waals surface area contributed by atoms with E-state index in [0.29, 0.717) is 36.4 Å². The van der Waals surface area contributed by atoms with Crippen molar-refractivity contribution in [3.8, 4) is 0 Å². The SMILES string of the molecule is CN(C)C(=O)C(OC(=O)C1CCN(C(=O)c2cccs2)CC1)c1ccccc1. The summed E-state index contributed by atoms with van der Waals surface area (Å²) in [5.41, 5.74) is 0.653. The number of rotatable bonds is 5. The van der Waals surface area contributed by atoms with Gasteiger partial charge >= 0.3 is 5.97 Å². The summed E-state index contributed by atoms with van der Waals surface area (Å²) in [6.45, 7) is 1.02. The number of likely N-dealkylation sites (tertiary alicyclic amines) is 1. The highest BCUT2D eigenvalue weighted by atomic mass is 32.1. The third-order valence-corrected chi connectivity index (χ3v) is 5.71. The molecule has 148 valence electrons. The lowest BCUT2D eigenvalue weighted by Gasteiger charge is -2.31. The number of ether oxygens (including phenoxy) is 1. The third-order valence-electron chi connectivity index (χ3n) is 4.85. The maximum absolute atomic E-state index is 12.7. The van der Waals surface area contributed by atoms with Gasteiger partial charge in [0.1, 0.15) is 0 Å². The van der Waals surface area contributed by atoms with Crippen LogP contribution in [-0.4, -0.2) is 54.8 Å². The van der Waals surface area contributed by atoms with Gasteiger partial charge in [0.15, 0.2) is 0 Å². The monoisotopic (exact) mass is 400 g/mol. The number of likely N-dealkylation sites (N-methyl/N-ethyl adjacent to an activating group) is 1. The normalized spacial score (nSPS) is 15.7. The van der Waals surface area contributed by atoms with Gasteiger partial charge in [-0.1, -0.05) is 36.4 Å². The Balaban J connectivity index is 1.62. The van der Waals surface area contributed by atoms with E-state index >= 15 is 0 Å². The molecule has 28 heavy (non-hydrogen) atoms. The van der Waals surface area contributed by atoms with Crippen molar-refractivity contribution in [1.29, 1.82) is 0 Å².